The van der Waals surface area contributed by atoms with Crippen LogP contribution in [0.5, 0.6) is 0 Å². The summed E-state index contributed by atoms with van der Waals surface area (Å²) in [4.78, 5) is 27.0. The maximum absolute atomic E-state index is 12.0. The van der Waals surface area contributed by atoms with Crippen LogP contribution in [0.4, 0.5) is 9.93 Å². The van der Waals surface area contributed by atoms with Crippen molar-refractivity contribution in [2.45, 2.75) is 32.2 Å². The van der Waals surface area contributed by atoms with Gasteiger partial charge in [-0.15, -0.1) is 0 Å². The molecule has 0 spiro atoms. The molecule has 0 aliphatic carbocycles. The first kappa shape index (κ1) is 16.7. The molecule has 0 bridgehead atoms. The number of carbonyl (C=O) groups is 2. The molecule has 0 saturated carbocycles. The number of aromatic nitrogens is 1. The van der Waals surface area contributed by atoms with Gasteiger partial charge in [0.25, 0.3) is 0 Å². The molecule has 1 aromatic heterocycles. The minimum absolute atomic E-state index is 0.00135. The van der Waals surface area contributed by atoms with Crippen molar-refractivity contribution in [3.8, 4) is 0 Å². The van der Waals surface area contributed by atoms with E-state index in [2.05, 4.69) is 31.5 Å². The fourth-order valence-electron chi connectivity index (χ4n) is 1.89. The molecule has 8 heteroatoms. The highest BCUT2D eigenvalue weighted by atomic mass is 79.9. The van der Waals surface area contributed by atoms with Crippen molar-refractivity contribution in [2.24, 2.45) is 0 Å². The van der Waals surface area contributed by atoms with Gasteiger partial charge in [-0.05, 0) is 48.3 Å². The fraction of sp³-hybridized carbons (Fsp3) is 0.357. The molecule has 1 heterocycles. The third kappa shape index (κ3) is 4.41. The largest absolute Gasteiger partial charge is 0.481 e. The Morgan fingerprint density at radius 2 is 2.14 bits per heavy atom. The van der Waals surface area contributed by atoms with Gasteiger partial charge < -0.3 is 10.4 Å². The van der Waals surface area contributed by atoms with E-state index in [1.807, 2.05) is 18.2 Å². The van der Waals surface area contributed by atoms with E-state index in [1.54, 1.807) is 13.8 Å². The summed E-state index contributed by atoms with van der Waals surface area (Å²) in [6.45, 7) is 3.56. The van der Waals surface area contributed by atoms with Crippen molar-refractivity contribution in [3.05, 3.63) is 22.7 Å². The summed E-state index contributed by atoms with van der Waals surface area (Å²) in [6, 6.07) is 5.33. The number of aliphatic carboxylic acids is 1. The molecule has 0 saturated heterocycles. The fourth-order valence-corrected chi connectivity index (χ4v) is 3.36. The third-order valence-electron chi connectivity index (χ3n) is 3.01. The van der Waals surface area contributed by atoms with E-state index in [1.165, 1.54) is 11.3 Å². The minimum atomic E-state index is -0.883. The van der Waals surface area contributed by atoms with E-state index in [0.29, 0.717) is 11.6 Å². The normalized spacial score (nSPS) is 11.4. The number of nitrogens with one attached hydrogen (secondary N) is 2. The van der Waals surface area contributed by atoms with Crippen LogP contribution in [-0.4, -0.2) is 27.6 Å². The second-order valence-electron chi connectivity index (χ2n) is 5.46. The number of para-hydroxylation sites is 1. The second kappa shape index (κ2) is 6.62. The lowest BCUT2D eigenvalue weighted by Crippen LogP contribution is -2.45. The molecule has 0 unspecified atom stereocenters. The van der Waals surface area contributed by atoms with Gasteiger partial charge in [0.2, 0.25) is 0 Å². The average Bonchev–Trinajstić information content (AvgIpc) is 2.79. The number of hydrogen-bond acceptors (Lipinski definition) is 4. The predicted molar refractivity (Wildman–Crippen MR) is 90.4 cm³/mol. The lowest BCUT2D eigenvalue weighted by molar-refractivity contribution is -0.137. The molecule has 0 atom stereocenters. The molecular weight excluding hydrogens is 370 g/mol. The number of halogens is 1. The van der Waals surface area contributed by atoms with Crippen LogP contribution < -0.4 is 10.6 Å². The zero-order chi connectivity index (χ0) is 16.3. The number of carbonyl (C=O) groups excluding carboxylic acids is 1. The van der Waals surface area contributed by atoms with Gasteiger partial charge in [0.15, 0.2) is 5.13 Å². The molecule has 2 amide bonds. The average molecular weight is 386 g/mol. The van der Waals surface area contributed by atoms with E-state index in [-0.39, 0.29) is 6.42 Å². The molecule has 3 N–H and O–H groups in total. The Morgan fingerprint density at radius 1 is 1.41 bits per heavy atom. The van der Waals surface area contributed by atoms with Crippen LogP contribution in [0.2, 0.25) is 0 Å². The van der Waals surface area contributed by atoms with E-state index >= 15 is 0 Å². The summed E-state index contributed by atoms with van der Waals surface area (Å²) >= 11 is 4.80. The number of carboxylic acid groups (broad SMARTS) is 1. The summed E-state index contributed by atoms with van der Waals surface area (Å²) in [7, 11) is 0. The van der Waals surface area contributed by atoms with Crippen LogP contribution in [0, 0.1) is 0 Å². The molecule has 118 valence electrons. The van der Waals surface area contributed by atoms with Crippen LogP contribution in [0.3, 0.4) is 0 Å². The zero-order valence-corrected chi connectivity index (χ0v) is 14.5. The smallest absolute Gasteiger partial charge is 0.321 e. The predicted octanol–water partition coefficient (Wildman–Crippen LogP) is 3.82. The molecule has 0 fully saturated rings. The van der Waals surface area contributed by atoms with Gasteiger partial charge in [-0.25, -0.2) is 9.78 Å². The van der Waals surface area contributed by atoms with Gasteiger partial charge in [0.1, 0.15) is 0 Å². The van der Waals surface area contributed by atoms with Crippen molar-refractivity contribution in [1.82, 2.24) is 10.3 Å². The SMILES string of the molecule is CC(C)(CCC(=O)O)NC(=O)Nc1nc2c(Br)cccc2s1. The Labute approximate surface area is 140 Å². The minimum Gasteiger partial charge on any atom is -0.481 e. The number of amides is 2. The molecule has 0 radical (unpaired) electrons. The zero-order valence-electron chi connectivity index (χ0n) is 12.1. The molecule has 2 aromatic rings. The first-order valence-electron chi connectivity index (χ1n) is 6.63. The standard InChI is InChI=1S/C14H16BrN3O3S/c1-14(2,7-6-10(19)20)18-12(21)17-13-16-11-8(15)4-3-5-9(11)22-13/h3-5H,6-7H2,1-2H3,(H,19,20)(H2,16,17,18,21). The van der Waals surface area contributed by atoms with Crippen molar-refractivity contribution in [2.75, 3.05) is 5.32 Å². The highest BCUT2D eigenvalue weighted by Crippen LogP contribution is 2.30. The van der Waals surface area contributed by atoms with Crippen LogP contribution >= 0.6 is 27.3 Å². The van der Waals surface area contributed by atoms with Crippen LogP contribution in [0.1, 0.15) is 26.7 Å². The van der Waals surface area contributed by atoms with Crippen LogP contribution in [0.25, 0.3) is 10.2 Å². The molecule has 0 aliphatic rings. The molecule has 0 aliphatic heterocycles. The summed E-state index contributed by atoms with van der Waals surface area (Å²) < 4.78 is 1.84. The van der Waals surface area contributed by atoms with Gasteiger partial charge in [-0.3, -0.25) is 10.1 Å². The number of rotatable bonds is 5. The number of hydrogen-bond donors (Lipinski definition) is 3. The molecule has 1 aromatic carbocycles. The monoisotopic (exact) mass is 385 g/mol. The van der Waals surface area contributed by atoms with E-state index in [4.69, 9.17) is 5.11 Å². The third-order valence-corrected chi connectivity index (χ3v) is 4.58. The van der Waals surface area contributed by atoms with Crippen molar-refractivity contribution >= 4 is 54.6 Å². The topological polar surface area (TPSA) is 91.3 Å². The summed E-state index contributed by atoms with van der Waals surface area (Å²) in [5.74, 6) is -0.883. The Balaban J connectivity index is 2.01. The second-order valence-corrected chi connectivity index (χ2v) is 7.35. The highest BCUT2D eigenvalue weighted by molar-refractivity contribution is 9.10. The Morgan fingerprint density at radius 3 is 2.77 bits per heavy atom. The Hall–Kier alpha value is -1.67. The van der Waals surface area contributed by atoms with Crippen LogP contribution in [0.15, 0.2) is 22.7 Å². The van der Waals surface area contributed by atoms with Gasteiger partial charge in [0.05, 0.1) is 10.2 Å². The molecule has 2 rings (SSSR count). The maximum Gasteiger partial charge on any atom is 0.321 e. The van der Waals surface area contributed by atoms with E-state index in [0.717, 1.165) is 14.7 Å². The number of anilines is 1. The summed E-state index contributed by atoms with van der Waals surface area (Å²) in [5, 5.41) is 14.7. The Kier molecular flexibility index (Phi) is 5.02. The van der Waals surface area contributed by atoms with Gasteiger partial charge in [0, 0.05) is 16.4 Å². The van der Waals surface area contributed by atoms with Gasteiger partial charge in [-0.1, -0.05) is 17.4 Å². The molecule has 22 heavy (non-hydrogen) atoms. The quantitative estimate of drug-likeness (QED) is 0.729. The number of fused-ring (bicyclic) bond motifs is 1. The number of urea groups is 1. The van der Waals surface area contributed by atoms with Crippen molar-refractivity contribution < 1.29 is 14.7 Å². The number of nitrogens with zero attached hydrogens (tertiary/aromatic N) is 1. The van der Waals surface area contributed by atoms with Crippen molar-refractivity contribution in [3.63, 3.8) is 0 Å². The lowest BCUT2D eigenvalue weighted by atomic mass is 9.99. The first-order valence-corrected chi connectivity index (χ1v) is 8.24. The highest BCUT2D eigenvalue weighted by Gasteiger charge is 2.22. The molecule has 6 nitrogen and oxygen atoms in total. The maximum atomic E-state index is 12.0. The number of benzene rings is 1. The van der Waals surface area contributed by atoms with E-state index in [9.17, 15) is 9.59 Å². The molecular formula is C14H16BrN3O3S. The Bertz CT molecular complexity index is 714. The number of carboxylic acids is 1. The van der Waals surface area contributed by atoms with E-state index < -0.39 is 17.5 Å². The van der Waals surface area contributed by atoms with Gasteiger partial charge in [-0.2, -0.15) is 0 Å². The summed E-state index contributed by atoms with van der Waals surface area (Å²) in [6.07, 6.45) is 0.350. The van der Waals surface area contributed by atoms with Gasteiger partial charge >= 0.3 is 12.0 Å². The first-order chi connectivity index (χ1) is 10.3. The van der Waals surface area contributed by atoms with Crippen molar-refractivity contribution in [1.29, 1.82) is 0 Å². The van der Waals surface area contributed by atoms with Crippen LogP contribution in [-0.2, 0) is 4.79 Å². The lowest BCUT2D eigenvalue weighted by Gasteiger charge is -2.25. The summed E-state index contributed by atoms with van der Waals surface area (Å²) in [5.41, 5.74) is 0.188. The number of thiazole rings is 1.